The Balaban J connectivity index is 2.88. The predicted octanol–water partition coefficient (Wildman–Crippen LogP) is 2.77. The molecule has 1 N–H and O–H groups in total. The number of carboxylic acid groups (broad SMARTS) is 1. The normalized spacial score (nSPS) is 14.0. The molecule has 0 saturated heterocycles. The van der Waals surface area contributed by atoms with Crippen molar-refractivity contribution in [2.75, 3.05) is 0 Å². The van der Waals surface area contributed by atoms with Crippen LogP contribution in [0.25, 0.3) is 0 Å². The Kier molecular flexibility index (Phi) is 4.48. The minimum Gasteiger partial charge on any atom is -0.478 e. The summed E-state index contributed by atoms with van der Waals surface area (Å²) in [6.07, 6.45) is 1.14. The molecule has 0 spiro atoms. The molecule has 0 aliphatic heterocycles. The standard InChI is InChI=1S/C14H18O4/c1-10(2)8-14(3,13(16)17)18-12-6-4-11(9-15)5-7-12/h4-7,9-10H,8H2,1-3H3,(H,16,17). The Morgan fingerprint density at radius 1 is 1.39 bits per heavy atom. The second kappa shape index (κ2) is 5.67. The van der Waals surface area contributed by atoms with Gasteiger partial charge in [0.1, 0.15) is 12.0 Å². The lowest BCUT2D eigenvalue weighted by molar-refractivity contribution is -0.155. The van der Waals surface area contributed by atoms with Crippen molar-refractivity contribution in [1.29, 1.82) is 0 Å². The number of hydrogen-bond acceptors (Lipinski definition) is 3. The Bertz CT molecular complexity index is 422. The molecule has 1 aromatic rings. The summed E-state index contributed by atoms with van der Waals surface area (Å²) in [6, 6.07) is 6.40. The third-order valence-corrected chi connectivity index (χ3v) is 2.61. The molecule has 1 aromatic carbocycles. The highest BCUT2D eigenvalue weighted by Gasteiger charge is 2.36. The Hall–Kier alpha value is -1.84. The van der Waals surface area contributed by atoms with E-state index in [2.05, 4.69) is 0 Å². The van der Waals surface area contributed by atoms with E-state index in [0.29, 0.717) is 17.7 Å². The van der Waals surface area contributed by atoms with Crippen molar-refractivity contribution in [1.82, 2.24) is 0 Å². The summed E-state index contributed by atoms with van der Waals surface area (Å²) in [7, 11) is 0. The van der Waals surface area contributed by atoms with Crippen LogP contribution in [0.3, 0.4) is 0 Å². The van der Waals surface area contributed by atoms with Crippen molar-refractivity contribution in [2.24, 2.45) is 5.92 Å². The summed E-state index contributed by atoms with van der Waals surface area (Å²) in [4.78, 5) is 21.8. The molecule has 4 heteroatoms. The van der Waals surface area contributed by atoms with Crippen molar-refractivity contribution in [2.45, 2.75) is 32.8 Å². The van der Waals surface area contributed by atoms with Crippen molar-refractivity contribution in [3.8, 4) is 5.75 Å². The monoisotopic (exact) mass is 250 g/mol. The zero-order valence-corrected chi connectivity index (χ0v) is 10.8. The van der Waals surface area contributed by atoms with Crippen molar-refractivity contribution >= 4 is 12.3 Å². The van der Waals surface area contributed by atoms with Crippen LogP contribution in [0.2, 0.25) is 0 Å². The second-order valence-electron chi connectivity index (χ2n) is 4.92. The lowest BCUT2D eigenvalue weighted by Crippen LogP contribution is -2.42. The zero-order chi connectivity index (χ0) is 13.8. The van der Waals surface area contributed by atoms with Gasteiger partial charge >= 0.3 is 5.97 Å². The van der Waals surface area contributed by atoms with Crippen LogP contribution in [0.5, 0.6) is 5.75 Å². The van der Waals surface area contributed by atoms with Gasteiger partial charge in [-0.1, -0.05) is 13.8 Å². The summed E-state index contributed by atoms with van der Waals surface area (Å²) in [5.74, 6) is -0.331. The molecule has 0 amide bonds. The molecule has 1 rings (SSSR count). The van der Waals surface area contributed by atoms with E-state index >= 15 is 0 Å². The van der Waals surface area contributed by atoms with Gasteiger partial charge in [0.25, 0.3) is 0 Å². The molecule has 1 atom stereocenters. The molecule has 0 heterocycles. The predicted molar refractivity (Wildman–Crippen MR) is 68.0 cm³/mol. The maximum Gasteiger partial charge on any atom is 0.347 e. The van der Waals surface area contributed by atoms with Crippen molar-refractivity contribution in [3.63, 3.8) is 0 Å². The molecule has 18 heavy (non-hydrogen) atoms. The van der Waals surface area contributed by atoms with Crippen molar-refractivity contribution in [3.05, 3.63) is 29.8 Å². The van der Waals surface area contributed by atoms with E-state index in [1.807, 2.05) is 13.8 Å². The van der Waals surface area contributed by atoms with E-state index in [1.54, 1.807) is 31.2 Å². The first-order valence-corrected chi connectivity index (χ1v) is 5.85. The molecular weight excluding hydrogens is 232 g/mol. The molecule has 0 aliphatic carbocycles. The number of benzene rings is 1. The van der Waals surface area contributed by atoms with Gasteiger partial charge in [0.15, 0.2) is 0 Å². The molecule has 4 nitrogen and oxygen atoms in total. The molecule has 1 unspecified atom stereocenters. The summed E-state index contributed by atoms with van der Waals surface area (Å²) < 4.78 is 5.56. The van der Waals surface area contributed by atoms with Crippen LogP contribution < -0.4 is 4.74 Å². The molecule has 0 radical (unpaired) electrons. The van der Waals surface area contributed by atoms with E-state index in [1.165, 1.54) is 0 Å². The topological polar surface area (TPSA) is 63.6 Å². The van der Waals surface area contributed by atoms with Crippen LogP contribution in [0, 0.1) is 5.92 Å². The first-order valence-electron chi connectivity index (χ1n) is 5.85. The lowest BCUT2D eigenvalue weighted by Gasteiger charge is -2.28. The minimum absolute atomic E-state index is 0.209. The molecule has 0 fully saturated rings. The Labute approximate surface area is 107 Å². The third kappa shape index (κ3) is 3.58. The Morgan fingerprint density at radius 2 is 1.94 bits per heavy atom. The van der Waals surface area contributed by atoms with Gasteiger partial charge in [-0.15, -0.1) is 0 Å². The SMILES string of the molecule is CC(C)CC(C)(Oc1ccc(C=O)cc1)C(=O)O. The average molecular weight is 250 g/mol. The minimum atomic E-state index is -1.25. The maximum atomic E-state index is 11.3. The quantitative estimate of drug-likeness (QED) is 0.788. The smallest absolute Gasteiger partial charge is 0.347 e. The zero-order valence-electron chi connectivity index (χ0n) is 10.8. The van der Waals surface area contributed by atoms with E-state index in [-0.39, 0.29) is 5.92 Å². The maximum absolute atomic E-state index is 11.3. The van der Waals surface area contributed by atoms with Crippen LogP contribution in [-0.4, -0.2) is 23.0 Å². The van der Waals surface area contributed by atoms with E-state index in [0.717, 1.165) is 6.29 Å². The number of carboxylic acids is 1. The first-order chi connectivity index (χ1) is 8.37. The number of aliphatic carboxylic acids is 1. The Morgan fingerprint density at radius 3 is 2.33 bits per heavy atom. The van der Waals surface area contributed by atoms with Gasteiger partial charge in [-0.05, 0) is 37.1 Å². The van der Waals surface area contributed by atoms with Crippen LogP contribution in [-0.2, 0) is 4.79 Å². The molecule has 0 bridgehead atoms. The molecular formula is C14H18O4. The van der Waals surface area contributed by atoms with Gasteiger partial charge < -0.3 is 9.84 Å². The molecule has 0 aliphatic rings. The number of rotatable bonds is 6. The van der Waals surface area contributed by atoms with Crippen LogP contribution >= 0.6 is 0 Å². The fraction of sp³-hybridized carbons (Fsp3) is 0.429. The van der Waals surface area contributed by atoms with Gasteiger partial charge in [0.05, 0.1) is 0 Å². The van der Waals surface area contributed by atoms with Gasteiger partial charge in [-0.2, -0.15) is 0 Å². The summed E-state index contributed by atoms with van der Waals surface area (Å²) in [5.41, 5.74) is -0.722. The molecule has 0 aromatic heterocycles. The van der Waals surface area contributed by atoms with Crippen LogP contribution in [0.1, 0.15) is 37.6 Å². The van der Waals surface area contributed by atoms with Gasteiger partial charge in [0, 0.05) is 12.0 Å². The van der Waals surface area contributed by atoms with Crippen LogP contribution in [0.4, 0.5) is 0 Å². The van der Waals surface area contributed by atoms with E-state index in [4.69, 9.17) is 4.74 Å². The number of carbonyl (C=O) groups excluding carboxylic acids is 1. The number of ether oxygens (including phenoxy) is 1. The van der Waals surface area contributed by atoms with E-state index in [9.17, 15) is 14.7 Å². The number of aldehydes is 1. The largest absolute Gasteiger partial charge is 0.478 e. The van der Waals surface area contributed by atoms with Crippen molar-refractivity contribution < 1.29 is 19.4 Å². The van der Waals surface area contributed by atoms with Crippen LogP contribution in [0.15, 0.2) is 24.3 Å². The first kappa shape index (κ1) is 14.2. The molecule has 0 saturated carbocycles. The fourth-order valence-corrected chi connectivity index (χ4v) is 1.83. The van der Waals surface area contributed by atoms with E-state index < -0.39 is 11.6 Å². The molecule has 98 valence electrons. The summed E-state index contributed by atoms with van der Waals surface area (Å²) in [5, 5.41) is 9.26. The highest BCUT2D eigenvalue weighted by atomic mass is 16.5. The summed E-state index contributed by atoms with van der Waals surface area (Å²) in [6.45, 7) is 5.45. The third-order valence-electron chi connectivity index (χ3n) is 2.61. The second-order valence-corrected chi connectivity index (χ2v) is 4.92. The highest BCUT2D eigenvalue weighted by molar-refractivity contribution is 5.77. The number of hydrogen-bond donors (Lipinski definition) is 1. The number of carbonyl (C=O) groups is 2. The summed E-state index contributed by atoms with van der Waals surface area (Å²) >= 11 is 0. The van der Waals surface area contributed by atoms with Gasteiger partial charge in [0.2, 0.25) is 5.60 Å². The highest BCUT2D eigenvalue weighted by Crippen LogP contribution is 2.25. The van der Waals surface area contributed by atoms with Gasteiger partial charge in [-0.3, -0.25) is 4.79 Å². The fourth-order valence-electron chi connectivity index (χ4n) is 1.83. The average Bonchev–Trinajstić information content (AvgIpc) is 2.28. The lowest BCUT2D eigenvalue weighted by atomic mass is 9.94. The van der Waals surface area contributed by atoms with Gasteiger partial charge in [-0.25, -0.2) is 4.79 Å².